The largest absolute Gasteiger partial charge is 0.385 e. The van der Waals surface area contributed by atoms with Crippen LogP contribution in [0.5, 0.6) is 0 Å². The van der Waals surface area contributed by atoms with Crippen LogP contribution in [0.15, 0.2) is 12.1 Å². The van der Waals surface area contributed by atoms with Crippen molar-refractivity contribution in [2.75, 3.05) is 11.9 Å². The van der Waals surface area contributed by atoms with Crippen molar-refractivity contribution >= 4 is 39.8 Å². The van der Waals surface area contributed by atoms with Gasteiger partial charge in [0.05, 0.1) is 11.6 Å². The molecule has 2 bridgehead atoms. The van der Waals surface area contributed by atoms with Gasteiger partial charge >= 0.3 is 0 Å². The van der Waals surface area contributed by atoms with Crippen molar-refractivity contribution in [2.24, 2.45) is 16.7 Å². The summed E-state index contributed by atoms with van der Waals surface area (Å²) in [4.78, 5) is 54.8. The molecule has 8 heteroatoms. The minimum atomic E-state index is -0.452. The van der Waals surface area contributed by atoms with E-state index in [0.29, 0.717) is 37.3 Å². The summed E-state index contributed by atoms with van der Waals surface area (Å²) in [6, 6.07) is 3.68. The number of hydrogen-bond acceptors (Lipinski definition) is 6. The Morgan fingerprint density at radius 2 is 1.86 bits per heavy atom. The maximum atomic E-state index is 14.1. The van der Waals surface area contributed by atoms with Gasteiger partial charge in [-0.05, 0) is 73.0 Å². The summed E-state index contributed by atoms with van der Waals surface area (Å²) in [5.41, 5.74) is 3.01. The minimum absolute atomic E-state index is 0.0117. The molecule has 0 unspecified atom stereocenters. The van der Waals surface area contributed by atoms with Gasteiger partial charge in [-0.1, -0.05) is 41.0 Å². The summed E-state index contributed by atoms with van der Waals surface area (Å²) >= 11 is 0. The fourth-order valence-electron chi connectivity index (χ4n) is 7.48. The minimum Gasteiger partial charge on any atom is -0.385 e. The number of nitrogens with zero attached hydrogens (tertiary/aromatic N) is 3. The molecule has 2 fully saturated rings. The quantitative estimate of drug-likeness (QED) is 0.415. The first-order valence-corrected chi connectivity index (χ1v) is 16.0. The lowest BCUT2D eigenvalue weighted by Gasteiger charge is -2.27. The normalized spacial score (nSPS) is 26.3. The summed E-state index contributed by atoms with van der Waals surface area (Å²) in [5, 5.41) is 9.02. The van der Waals surface area contributed by atoms with E-state index in [2.05, 4.69) is 39.1 Å². The Labute approximate surface area is 250 Å². The first kappa shape index (κ1) is 30.4. The highest BCUT2D eigenvalue weighted by molar-refractivity contribution is 6.06. The Morgan fingerprint density at radius 3 is 2.55 bits per heavy atom. The molecule has 1 N–H and O–H groups in total. The highest BCUT2D eigenvalue weighted by Crippen LogP contribution is 2.62. The van der Waals surface area contributed by atoms with Crippen LogP contribution in [0.25, 0.3) is 10.9 Å². The summed E-state index contributed by atoms with van der Waals surface area (Å²) in [6.07, 6.45) is 7.31. The molecule has 42 heavy (non-hydrogen) atoms. The molecule has 3 atom stereocenters. The number of anilines is 1. The molecule has 1 aromatic carbocycles. The maximum Gasteiger partial charge on any atom is 0.245 e. The fourth-order valence-corrected chi connectivity index (χ4v) is 7.48. The van der Waals surface area contributed by atoms with Crippen molar-refractivity contribution in [3.05, 3.63) is 23.4 Å². The van der Waals surface area contributed by atoms with Gasteiger partial charge in [-0.2, -0.15) is 5.10 Å². The zero-order valence-electron chi connectivity index (χ0n) is 26.3. The standard InChI is InChI=1S/C34H48N4O4/c1-7-28(41)27-17-34-13-11-25(40)16-33(5,6)12-9-8-10-23-14-24(35-19-21(2)3)15-26-31(22(4)39)36-37(32(23)26)20-30(42)38(27)29(34)18-34/h14-15,21,27,29,35H,7-13,16-20H2,1-6H3/t27-,29+,34-/m0/s1. The molecule has 0 radical (unpaired) electrons. The van der Waals surface area contributed by atoms with Crippen molar-refractivity contribution in [3.8, 4) is 0 Å². The number of benzene rings is 1. The van der Waals surface area contributed by atoms with Crippen molar-refractivity contribution in [2.45, 2.75) is 124 Å². The van der Waals surface area contributed by atoms with Gasteiger partial charge in [0, 0.05) is 49.8 Å². The number of ketones is 3. The van der Waals surface area contributed by atoms with Crippen molar-refractivity contribution in [1.29, 1.82) is 0 Å². The number of aryl methyl sites for hydroxylation is 1. The molecule has 228 valence electrons. The second-order valence-corrected chi connectivity index (χ2v) is 14.4. The Hall–Kier alpha value is -3.03. The van der Waals surface area contributed by atoms with Gasteiger partial charge in [0.25, 0.3) is 0 Å². The molecule has 2 aromatic rings. The highest BCUT2D eigenvalue weighted by atomic mass is 16.2. The molecule has 0 spiro atoms. The van der Waals surface area contributed by atoms with Crippen LogP contribution in [0.4, 0.5) is 5.69 Å². The second kappa shape index (κ2) is 11.6. The topological polar surface area (TPSA) is 101 Å². The monoisotopic (exact) mass is 576 g/mol. The Bertz CT molecular complexity index is 1410. The molecule has 1 aromatic heterocycles. The predicted molar refractivity (Wildman–Crippen MR) is 165 cm³/mol. The lowest BCUT2D eigenvalue weighted by molar-refractivity contribution is -0.139. The number of aromatic nitrogens is 2. The van der Waals surface area contributed by atoms with Crippen LogP contribution in [-0.4, -0.2) is 56.6 Å². The Morgan fingerprint density at radius 1 is 1.10 bits per heavy atom. The third-order valence-corrected chi connectivity index (χ3v) is 9.81. The highest BCUT2D eigenvalue weighted by Gasteiger charge is 2.66. The van der Waals surface area contributed by atoms with Gasteiger partial charge in [0.15, 0.2) is 11.6 Å². The molecular weight excluding hydrogens is 528 g/mol. The lowest BCUT2D eigenvalue weighted by Crippen LogP contribution is -2.44. The number of carbonyl (C=O) groups excluding carboxylic acids is 4. The van der Waals surface area contributed by atoms with Crippen LogP contribution in [0.2, 0.25) is 0 Å². The van der Waals surface area contributed by atoms with E-state index in [-0.39, 0.29) is 46.7 Å². The number of amides is 1. The third kappa shape index (κ3) is 6.04. The number of Topliss-reactive ketones (excluding diaryl/α,β-unsaturated/α-hetero) is 3. The van der Waals surface area contributed by atoms with E-state index >= 15 is 0 Å². The van der Waals surface area contributed by atoms with E-state index in [1.165, 1.54) is 6.92 Å². The van der Waals surface area contributed by atoms with E-state index in [0.717, 1.165) is 67.2 Å². The first-order chi connectivity index (χ1) is 19.8. The van der Waals surface area contributed by atoms with Gasteiger partial charge in [-0.25, -0.2) is 0 Å². The Balaban J connectivity index is 1.58. The van der Waals surface area contributed by atoms with Crippen molar-refractivity contribution in [1.82, 2.24) is 14.7 Å². The molecule has 1 saturated heterocycles. The molecule has 1 saturated carbocycles. The SMILES string of the molecule is CCC(=O)[C@@H]1C[C@]23CCC(=O)CC(C)(C)CCCCc4cc(NCC(C)C)cc5c(C(C)=O)nn(c45)CC(=O)N1[C@@H]2C3. The van der Waals surface area contributed by atoms with E-state index in [9.17, 15) is 19.2 Å². The van der Waals surface area contributed by atoms with Crippen LogP contribution in [-0.2, 0) is 27.3 Å². The van der Waals surface area contributed by atoms with E-state index < -0.39 is 6.04 Å². The number of hydrogen-bond donors (Lipinski definition) is 1. The molecule has 2 aliphatic heterocycles. The second-order valence-electron chi connectivity index (χ2n) is 14.4. The van der Waals surface area contributed by atoms with E-state index in [1.54, 1.807) is 4.68 Å². The molecule has 1 amide bonds. The van der Waals surface area contributed by atoms with Crippen molar-refractivity contribution < 1.29 is 19.2 Å². The molecule has 3 aliphatic rings. The van der Waals surface area contributed by atoms with E-state index in [1.807, 2.05) is 17.9 Å². The molecule has 5 rings (SSSR count). The molecular formula is C34H48N4O4. The molecule has 1 aliphatic carbocycles. The summed E-state index contributed by atoms with van der Waals surface area (Å²) in [7, 11) is 0. The average molecular weight is 577 g/mol. The van der Waals surface area contributed by atoms with Crippen LogP contribution in [0.3, 0.4) is 0 Å². The smallest absolute Gasteiger partial charge is 0.245 e. The van der Waals surface area contributed by atoms with Gasteiger partial charge in [-0.3, -0.25) is 23.9 Å². The van der Waals surface area contributed by atoms with Crippen LogP contribution < -0.4 is 5.32 Å². The van der Waals surface area contributed by atoms with Crippen molar-refractivity contribution in [3.63, 3.8) is 0 Å². The maximum absolute atomic E-state index is 14.1. The van der Waals surface area contributed by atoms with Gasteiger partial charge in [0.2, 0.25) is 5.91 Å². The summed E-state index contributed by atoms with van der Waals surface area (Å²) in [6.45, 7) is 12.9. The average Bonchev–Trinajstić information content (AvgIpc) is 3.33. The molecule has 8 nitrogen and oxygen atoms in total. The zero-order valence-corrected chi connectivity index (χ0v) is 26.3. The van der Waals surface area contributed by atoms with Crippen LogP contribution in [0, 0.1) is 16.7 Å². The fraction of sp³-hybridized carbons (Fsp3) is 0.676. The van der Waals surface area contributed by atoms with Gasteiger partial charge in [0.1, 0.15) is 18.0 Å². The third-order valence-electron chi connectivity index (χ3n) is 9.81. The number of rotatable bonds is 6. The predicted octanol–water partition coefficient (Wildman–Crippen LogP) is 6.14. The van der Waals surface area contributed by atoms with Crippen LogP contribution >= 0.6 is 0 Å². The molecule has 3 heterocycles. The number of nitrogens with one attached hydrogen (secondary N) is 1. The number of piperidine rings is 1. The summed E-state index contributed by atoms with van der Waals surface area (Å²) < 4.78 is 1.72. The van der Waals surface area contributed by atoms with E-state index in [4.69, 9.17) is 5.10 Å². The lowest BCUT2D eigenvalue weighted by atomic mass is 9.80. The number of carbonyl (C=O) groups is 4. The first-order valence-electron chi connectivity index (χ1n) is 16.0. The zero-order chi connectivity index (χ0) is 30.4. The summed E-state index contributed by atoms with van der Waals surface area (Å²) in [5.74, 6) is 0.560. The van der Waals surface area contributed by atoms with Gasteiger partial charge in [-0.15, -0.1) is 0 Å². The van der Waals surface area contributed by atoms with Gasteiger partial charge < -0.3 is 10.2 Å². The van der Waals surface area contributed by atoms with Crippen LogP contribution in [0.1, 0.15) is 115 Å². The Kier molecular flexibility index (Phi) is 8.38.